The zero-order chi connectivity index (χ0) is 23.6. The molecule has 8 heteroatoms. The van der Waals surface area contributed by atoms with Crippen molar-refractivity contribution >= 4 is 33.5 Å². The van der Waals surface area contributed by atoms with E-state index in [9.17, 15) is 4.79 Å². The predicted molar refractivity (Wildman–Crippen MR) is 135 cm³/mol. The number of para-hydroxylation sites is 1. The fraction of sp³-hybridized carbons (Fsp3) is 0.385. The Kier molecular flexibility index (Phi) is 4.81. The molecule has 8 nitrogen and oxygen atoms in total. The number of carbonyl (C=O) groups is 1. The molecule has 0 saturated carbocycles. The van der Waals surface area contributed by atoms with E-state index in [4.69, 9.17) is 15.5 Å². The summed E-state index contributed by atoms with van der Waals surface area (Å²) in [7, 11) is 3.65. The van der Waals surface area contributed by atoms with Crippen molar-refractivity contribution in [2.75, 3.05) is 32.1 Å². The van der Waals surface area contributed by atoms with Crippen molar-refractivity contribution in [2.45, 2.75) is 31.8 Å². The highest BCUT2D eigenvalue weighted by Gasteiger charge is 2.27. The molecule has 1 unspecified atom stereocenters. The van der Waals surface area contributed by atoms with Crippen molar-refractivity contribution < 1.29 is 9.53 Å². The molecule has 3 N–H and O–H groups in total. The molecule has 2 aliphatic heterocycles. The summed E-state index contributed by atoms with van der Waals surface area (Å²) >= 11 is 0. The summed E-state index contributed by atoms with van der Waals surface area (Å²) < 4.78 is 10.2. The molecule has 34 heavy (non-hydrogen) atoms. The molecule has 4 aromatic rings. The van der Waals surface area contributed by atoms with Gasteiger partial charge in [-0.25, -0.2) is 4.98 Å². The number of aromatic nitrogens is 3. The van der Waals surface area contributed by atoms with Crippen LogP contribution in [0.25, 0.3) is 33.5 Å². The Morgan fingerprint density at radius 1 is 1.24 bits per heavy atom. The van der Waals surface area contributed by atoms with Crippen molar-refractivity contribution in [3.8, 4) is 17.3 Å². The topological polar surface area (TPSA) is 90.3 Å². The zero-order valence-electron chi connectivity index (χ0n) is 19.8. The number of methoxy groups -OCH3 is 1. The fourth-order valence-electron chi connectivity index (χ4n) is 5.60. The lowest BCUT2D eigenvalue weighted by Gasteiger charge is -2.30. The number of ether oxygens (including phenoxy) is 1. The van der Waals surface area contributed by atoms with Gasteiger partial charge in [0.2, 0.25) is 0 Å². The number of anilines is 1. The lowest BCUT2D eigenvalue weighted by atomic mass is 10.0. The third-order valence-corrected chi connectivity index (χ3v) is 7.26. The van der Waals surface area contributed by atoms with Crippen molar-refractivity contribution in [3.63, 3.8) is 0 Å². The Balaban J connectivity index is 1.51. The van der Waals surface area contributed by atoms with Crippen LogP contribution >= 0.6 is 0 Å². The van der Waals surface area contributed by atoms with Crippen LogP contribution in [0.15, 0.2) is 36.4 Å². The summed E-state index contributed by atoms with van der Waals surface area (Å²) in [6.07, 6.45) is 1.89. The second-order valence-corrected chi connectivity index (χ2v) is 9.57. The smallest absolute Gasteiger partial charge is 0.254 e. The summed E-state index contributed by atoms with van der Waals surface area (Å²) in [4.78, 5) is 20.2. The number of piperidine rings is 1. The van der Waals surface area contributed by atoms with Crippen LogP contribution in [0.2, 0.25) is 0 Å². The molecule has 6 rings (SSSR count). The molecule has 176 valence electrons. The maximum Gasteiger partial charge on any atom is 0.254 e. The molecule has 4 heterocycles. The lowest BCUT2D eigenvalue weighted by Crippen LogP contribution is -2.45. The number of fused-ring (bicyclic) bond motifs is 1. The molecule has 1 fully saturated rings. The van der Waals surface area contributed by atoms with Crippen LogP contribution in [-0.2, 0) is 7.05 Å². The molecule has 0 radical (unpaired) electrons. The number of rotatable bonds is 3. The first kappa shape index (κ1) is 21.0. The SMILES string of the molecule is COc1cc(C(=O)N2CCC[C@@H](N)C2)cc2nc(-c3cc4cccc5c4n3C(C)CN5)n(C)c12. The number of hydrogen-bond acceptors (Lipinski definition) is 5. The molecule has 0 spiro atoms. The Bertz CT molecular complexity index is 1430. The molecule has 1 amide bonds. The summed E-state index contributed by atoms with van der Waals surface area (Å²) in [6, 6.07) is 12.6. The number of nitrogens with one attached hydrogen (secondary N) is 1. The van der Waals surface area contributed by atoms with Crippen LogP contribution in [-0.4, -0.2) is 57.7 Å². The number of amides is 1. The maximum absolute atomic E-state index is 13.3. The van der Waals surface area contributed by atoms with Gasteiger partial charge in [-0.15, -0.1) is 0 Å². The molecule has 0 aliphatic carbocycles. The third kappa shape index (κ3) is 3.09. The normalized spacial score (nSPS) is 20.1. The Morgan fingerprint density at radius 2 is 2.09 bits per heavy atom. The minimum atomic E-state index is -0.0181. The Morgan fingerprint density at radius 3 is 2.88 bits per heavy atom. The highest BCUT2D eigenvalue weighted by Crippen LogP contribution is 2.39. The van der Waals surface area contributed by atoms with Crippen LogP contribution in [0.1, 0.15) is 36.2 Å². The minimum absolute atomic E-state index is 0.0181. The Labute approximate surface area is 198 Å². The van der Waals surface area contributed by atoms with Gasteiger partial charge in [-0.1, -0.05) is 12.1 Å². The molecule has 2 atom stereocenters. The zero-order valence-corrected chi connectivity index (χ0v) is 19.8. The monoisotopic (exact) mass is 458 g/mol. The first-order valence-electron chi connectivity index (χ1n) is 11.9. The summed E-state index contributed by atoms with van der Waals surface area (Å²) in [5.41, 5.74) is 11.7. The van der Waals surface area contributed by atoms with Crippen molar-refractivity contribution in [3.05, 3.63) is 42.0 Å². The van der Waals surface area contributed by atoms with Gasteiger partial charge in [-0.05, 0) is 44.0 Å². The van der Waals surface area contributed by atoms with E-state index in [0.29, 0.717) is 17.9 Å². The van der Waals surface area contributed by atoms with E-state index < -0.39 is 0 Å². The summed E-state index contributed by atoms with van der Waals surface area (Å²) in [5.74, 6) is 1.48. The maximum atomic E-state index is 13.3. The van der Waals surface area contributed by atoms with Gasteiger partial charge in [-0.3, -0.25) is 4.79 Å². The van der Waals surface area contributed by atoms with E-state index >= 15 is 0 Å². The number of aryl methyl sites for hydroxylation is 1. The van der Waals surface area contributed by atoms with E-state index in [1.807, 2.05) is 24.1 Å². The van der Waals surface area contributed by atoms with Crippen LogP contribution in [0, 0.1) is 0 Å². The Hall–Kier alpha value is -3.52. The standard InChI is InChI=1S/C26H30N6O2/c1-15-13-28-19-8-4-6-16-11-21(32(15)23(16)19)25-29-20-10-17(12-22(34-3)24(20)30(25)2)26(33)31-9-5-7-18(27)14-31/h4,6,8,10-12,15,18,28H,5,7,9,13-14,27H2,1-3H3/t15?,18-/m1/s1. The summed E-state index contributed by atoms with van der Waals surface area (Å²) in [6.45, 7) is 4.39. The van der Waals surface area contributed by atoms with E-state index in [1.54, 1.807) is 7.11 Å². The predicted octanol–water partition coefficient (Wildman–Crippen LogP) is 3.75. The number of carbonyl (C=O) groups excluding carboxylic acids is 1. The van der Waals surface area contributed by atoms with E-state index in [0.717, 1.165) is 54.2 Å². The van der Waals surface area contributed by atoms with Gasteiger partial charge in [-0.2, -0.15) is 0 Å². The third-order valence-electron chi connectivity index (χ3n) is 7.26. The van der Waals surface area contributed by atoms with Crippen molar-refractivity contribution in [2.24, 2.45) is 12.8 Å². The van der Waals surface area contributed by atoms with Crippen LogP contribution in [0.4, 0.5) is 5.69 Å². The van der Waals surface area contributed by atoms with Gasteiger partial charge in [0.1, 0.15) is 11.3 Å². The second-order valence-electron chi connectivity index (χ2n) is 9.57. The molecule has 2 aliphatic rings. The number of likely N-dealkylation sites (tertiary alicyclic amines) is 1. The highest BCUT2D eigenvalue weighted by atomic mass is 16.5. The van der Waals surface area contributed by atoms with Crippen LogP contribution in [0.3, 0.4) is 0 Å². The van der Waals surface area contributed by atoms with Crippen molar-refractivity contribution in [1.29, 1.82) is 0 Å². The summed E-state index contributed by atoms with van der Waals surface area (Å²) in [5, 5.41) is 4.72. The quantitative estimate of drug-likeness (QED) is 0.488. The number of benzene rings is 2. The van der Waals surface area contributed by atoms with Crippen LogP contribution in [0.5, 0.6) is 5.75 Å². The molecular formula is C26H30N6O2. The van der Waals surface area contributed by atoms with Gasteiger partial charge < -0.3 is 29.8 Å². The van der Waals surface area contributed by atoms with Gasteiger partial charge in [0.25, 0.3) is 5.91 Å². The minimum Gasteiger partial charge on any atom is -0.494 e. The molecule has 2 aromatic heterocycles. The highest BCUT2D eigenvalue weighted by molar-refractivity contribution is 6.01. The van der Waals surface area contributed by atoms with Gasteiger partial charge >= 0.3 is 0 Å². The van der Waals surface area contributed by atoms with E-state index in [2.05, 4.69) is 45.6 Å². The molecule has 0 bridgehead atoms. The molecule has 1 saturated heterocycles. The average molecular weight is 459 g/mol. The molecule has 2 aromatic carbocycles. The van der Waals surface area contributed by atoms with Gasteiger partial charge in [0.15, 0.2) is 5.82 Å². The number of hydrogen-bond donors (Lipinski definition) is 2. The number of nitrogens with zero attached hydrogens (tertiary/aromatic N) is 4. The second kappa shape index (κ2) is 7.77. The molecular weight excluding hydrogens is 428 g/mol. The van der Waals surface area contributed by atoms with Crippen LogP contribution < -0.4 is 15.8 Å². The number of nitrogens with two attached hydrogens (primary N) is 1. The van der Waals surface area contributed by atoms with Crippen molar-refractivity contribution in [1.82, 2.24) is 19.0 Å². The average Bonchev–Trinajstić information content (AvgIpc) is 3.39. The van der Waals surface area contributed by atoms with Gasteiger partial charge in [0.05, 0.1) is 29.5 Å². The first-order valence-corrected chi connectivity index (χ1v) is 11.9. The van der Waals surface area contributed by atoms with E-state index in [-0.39, 0.29) is 18.0 Å². The first-order chi connectivity index (χ1) is 16.5. The largest absolute Gasteiger partial charge is 0.494 e. The number of imidazole rings is 1. The fourth-order valence-corrected chi connectivity index (χ4v) is 5.60. The lowest BCUT2D eigenvalue weighted by molar-refractivity contribution is 0.0708. The van der Waals surface area contributed by atoms with E-state index in [1.165, 1.54) is 10.9 Å². The van der Waals surface area contributed by atoms with Gasteiger partial charge in [0, 0.05) is 49.7 Å².